The van der Waals surface area contributed by atoms with E-state index in [1.54, 1.807) is 6.20 Å². The summed E-state index contributed by atoms with van der Waals surface area (Å²) in [6.45, 7) is 0. The van der Waals surface area contributed by atoms with Gasteiger partial charge in [-0.3, -0.25) is 4.98 Å². The topological polar surface area (TPSA) is 51.6 Å². The highest BCUT2D eigenvalue weighted by Crippen LogP contribution is 2.36. The lowest BCUT2D eigenvalue weighted by molar-refractivity contribution is 1.07. The molecule has 7 aromatic rings. The van der Waals surface area contributed by atoms with Crippen molar-refractivity contribution in [1.29, 1.82) is 0 Å². The molecule has 0 saturated carbocycles. The molecule has 0 bridgehead atoms. The summed E-state index contributed by atoms with van der Waals surface area (Å²) in [6.07, 6.45) is 3.68. The Hall–Kier alpha value is -5.48. The average Bonchev–Trinajstić information content (AvgIpc) is 3.05. The molecule has 4 nitrogen and oxygen atoms in total. The quantitative estimate of drug-likeness (QED) is 0.231. The molecular formula is C36H24N4. The summed E-state index contributed by atoms with van der Waals surface area (Å²) in [5, 5.41) is 2.30. The smallest absolute Gasteiger partial charge is 0.164 e. The molecule has 0 fully saturated rings. The van der Waals surface area contributed by atoms with E-state index >= 15 is 0 Å². The zero-order chi connectivity index (χ0) is 26.7. The van der Waals surface area contributed by atoms with Crippen molar-refractivity contribution in [1.82, 2.24) is 19.9 Å². The van der Waals surface area contributed by atoms with Gasteiger partial charge in [0, 0.05) is 29.1 Å². The molecule has 0 aliphatic rings. The van der Waals surface area contributed by atoms with Gasteiger partial charge in [0.15, 0.2) is 17.5 Å². The molecule has 188 valence electrons. The molecule has 7 rings (SSSR count). The second-order valence-corrected chi connectivity index (χ2v) is 9.60. The summed E-state index contributed by atoms with van der Waals surface area (Å²) in [5.74, 6) is 1.94. The van der Waals surface area contributed by atoms with E-state index in [4.69, 9.17) is 15.0 Å². The Morgan fingerprint density at radius 3 is 1.43 bits per heavy atom. The number of hydrogen-bond donors (Lipinski definition) is 0. The van der Waals surface area contributed by atoms with E-state index in [1.807, 2.05) is 72.9 Å². The molecular weight excluding hydrogens is 488 g/mol. The van der Waals surface area contributed by atoms with Crippen LogP contribution >= 0.6 is 0 Å². The number of nitrogens with zero attached hydrogens (tertiary/aromatic N) is 4. The molecule has 2 heterocycles. The number of fused-ring (bicyclic) bond motifs is 1. The first-order valence-electron chi connectivity index (χ1n) is 13.2. The van der Waals surface area contributed by atoms with Crippen LogP contribution in [0.25, 0.3) is 67.2 Å². The lowest BCUT2D eigenvalue weighted by Gasteiger charge is -2.14. The third kappa shape index (κ3) is 4.63. The van der Waals surface area contributed by atoms with Gasteiger partial charge in [-0.25, -0.2) is 15.0 Å². The number of benzene rings is 5. The SMILES string of the molecule is c1ccc(-c2nc(-c3ccccc3)nc(-c3cc4ccccc4cc3-c3ccc(-c4cccnc4)cc3)n2)cc1. The van der Waals surface area contributed by atoms with Crippen molar-refractivity contribution in [3.05, 3.63) is 146 Å². The van der Waals surface area contributed by atoms with Crippen LogP contribution in [-0.2, 0) is 0 Å². The summed E-state index contributed by atoms with van der Waals surface area (Å²) in [5.41, 5.74) is 7.24. The van der Waals surface area contributed by atoms with Gasteiger partial charge in [-0.1, -0.05) is 115 Å². The number of pyridine rings is 1. The monoisotopic (exact) mass is 512 g/mol. The fourth-order valence-electron chi connectivity index (χ4n) is 4.97. The van der Waals surface area contributed by atoms with Crippen LogP contribution in [-0.4, -0.2) is 19.9 Å². The predicted octanol–water partition coefficient (Wildman–Crippen LogP) is 8.75. The molecule has 0 unspecified atom stereocenters. The predicted molar refractivity (Wildman–Crippen MR) is 162 cm³/mol. The van der Waals surface area contributed by atoms with Crippen molar-refractivity contribution < 1.29 is 0 Å². The van der Waals surface area contributed by atoms with Crippen LogP contribution in [0.1, 0.15) is 0 Å². The summed E-state index contributed by atoms with van der Waals surface area (Å²) < 4.78 is 0. The maximum atomic E-state index is 5.03. The average molecular weight is 513 g/mol. The molecule has 2 aromatic heterocycles. The Bertz CT molecular complexity index is 1860. The Balaban J connectivity index is 1.44. The maximum Gasteiger partial charge on any atom is 0.164 e. The summed E-state index contributed by atoms with van der Waals surface area (Å²) in [7, 11) is 0. The van der Waals surface area contributed by atoms with Crippen molar-refractivity contribution in [2.75, 3.05) is 0 Å². The van der Waals surface area contributed by atoms with Crippen LogP contribution in [0.5, 0.6) is 0 Å². The second kappa shape index (κ2) is 10.4. The van der Waals surface area contributed by atoms with Gasteiger partial charge in [-0.05, 0) is 51.2 Å². The lowest BCUT2D eigenvalue weighted by atomic mass is 9.93. The first kappa shape index (κ1) is 23.6. The minimum atomic E-state index is 0.643. The van der Waals surface area contributed by atoms with Gasteiger partial charge in [-0.15, -0.1) is 0 Å². The summed E-state index contributed by atoms with van der Waals surface area (Å²) in [4.78, 5) is 19.2. The van der Waals surface area contributed by atoms with E-state index in [0.717, 1.165) is 44.3 Å². The van der Waals surface area contributed by atoms with Gasteiger partial charge in [0.05, 0.1) is 0 Å². The van der Waals surface area contributed by atoms with Gasteiger partial charge >= 0.3 is 0 Å². The molecule has 0 amide bonds. The van der Waals surface area contributed by atoms with Crippen molar-refractivity contribution >= 4 is 10.8 Å². The maximum absolute atomic E-state index is 5.03. The molecule has 0 spiro atoms. The van der Waals surface area contributed by atoms with E-state index in [1.165, 1.54) is 5.39 Å². The van der Waals surface area contributed by atoms with Crippen molar-refractivity contribution in [3.8, 4) is 56.4 Å². The van der Waals surface area contributed by atoms with E-state index in [9.17, 15) is 0 Å². The first-order chi connectivity index (χ1) is 19.8. The number of rotatable bonds is 5. The Morgan fingerprint density at radius 1 is 0.350 bits per heavy atom. The molecule has 4 heteroatoms. The summed E-state index contributed by atoms with van der Waals surface area (Å²) >= 11 is 0. The van der Waals surface area contributed by atoms with Crippen LogP contribution < -0.4 is 0 Å². The van der Waals surface area contributed by atoms with Gasteiger partial charge in [0.2, 0.25) is 0 Å². The van der Waals surface area contributed by atoms with Gasteiger partial charge < -0.3 is 0 Å². The first-order valence-corrected chi connectivity index (χ1v) is 13.2. The second-order valence-electron chi connectivity index (χ2n) is 9.60. The van der Waals surface area contributed by atoms with E-state index in [2.05, 4.69) is 71.7 Å². The van der Waals surface area contributed by atoms with E-state index in [0.29, 0.717) is 17.5 Å². The van der Waals surface area contributed by atoms with Gasteiger partial charge in [0.25, 0.3) is 0 Å². The largest absolute Gasteiger partial charge is 0.264 e. The molecule has 40 heavy (non-hydrogen) atoms. The lowest BCUT2D eigenvalue weighted by Crippen LogP contribution is -2.01. The van der Waals surface area contributed by atoms with Crippen molar-refractivity contribution in [2.24, 2.45) is 0 Å². The highest BCUT2D eigenvalue weighted by Gasteiger charge is 2.17. The van der Waals surface area contributed by atoms with Gasteiger partial charge in [0.1, 0.15) is 0 Å². The van der Waals surface area contributed by atoms with Crippen molar-refractivity contribution in [3.63, 3.8) is 0 Å². The zero-order valence-corrected chi connectivity index (χ0v) is 21.6. The Labute approximate surface area is 232 Å². The van der Waals surface area contributed by atoms with Crippen LogP contribution in [0, 0.1) is 0 Å². The number of hydrogen-bond acceptors (Lipinski definition) is 4. The third-order valence-electron chi connectivity index (χ3n) is 7.02. The fourth-order valence-corrected chi connectivity index (χ4v) is 4.97. The molecule has 0 saturated heterocycles. The van der Waals surface area contributed by atoms with Crippen molar-refractivity contribution in [2.45, 2.75) is 0 Å². The Morgan fingerprint density at radius 2 is 0.850 bits per heavy atom. The normalized spacial score (nSPS) is 11.0. The van der Waals surface area contributed by atoms with Crippen LogP contribution in [0.2, 0.25) is 0 Å². The fraction of sp³-hybridized carbons (Fsp3) is 0. The highest BCUT2D eigenvalue weighted by molar-refractivity contribution is 5.95. The number of aromatic nitrogens is 4. The standard InChI is InChI=1S/C36H24N4/c1-3-10-27(11-4-1)34-38-35(28-12-5-2-6-13-28)40-36(39-34)33-23-30-15-8-7-14-29(30)22-32(33)26-19-17-25(18-20-26)31-16-9-21-37-24-31/h1-24H. The molecule has 0 radical (unpaired) electrons. The molecule has 5 aromatic carbocycles. The Kier molecular flexibility index (Phi) is 6.11. The summed E-state index contributed by atoms with van der Waals surface area (Å²) in [6, 6.07) is 45.6. The van der Waals surface area contributed by atoms with Crippen LogP contribution in [0.4, 0.5) is 0 Å². The molecule has 0 atom stereocenters. The van der Waals surface area contributed by atoms with E-state index in [-0.39, 0.29) is 0 Å². The van der Waals surface area contributed by atoms with Crippen LogP contribution in [0.3, 0.4) is 0 Å². The molecule has 0 N–H and O–H groups in total. The minimum absolute atomic E-state index is 0.643. The molecule has 0 aliphatic carbocycles. The van der Waals surface area contributed by atoms with E-state index < -0.39 is 0 Å². The van der Waals surface area contributed by atoms with Crippen LogP contribution in [0.15, 0.2) is 146 Å². The molecule has 0 aliphatic heterocycles. The highest BCUT2D eigenvalue weighted by atomic mass is 15.0. The minimum Gasteiger partial charge on any atom is -0.264 e. The third-order valence-corrected chi connectivity index (χ3v) is 7.02. The zero-order valence-electron chi connectivity index (χ0n) is 21.6. The van der Waals surface area contributed by atoms with Gasteiger partial charge in [-0.2, -0.15) is 0 Å².